The van der Waals surface area contributed by atoms with Crippen molar-refractivity contribution in [2.75, 3.05) is 13.7 Å². The number of rotatable bonds is 5. The number of H-pyrrole nitrogens is 1. The minimum Gasteiger partial charge on any atom is -0.469 e. The fourth-order valence-corrected chi connectivity index (χ4v) is 1.76. The summed E-state index contributed by atoms with van der Waals surface area (Å²) in [6.07, 6.45) is 0.832. The molecular weight excluding hydrogens is 246 g/mol. The molecule has 0 atom stereocenters. The van der Waals surface area contributed by atoms with E-state index in [1.165, 1.54) is 7.11 Å². The number of hydrogen-bond donors (Lipinski definition) is 2. The molecule has 1 aromatic carbocycles. The Bertz CT molecular complexity index is 592. The highest BCUT2D eigenvalue weighted by Crippen LogP contribution is 2.14. The molecule has 0 aliphatic heterocycles. The standard InChI is InChI=1S/C13H15N3O3/c1-19-11(17)7-4-8-14-13(18)12-9-5-2-3-6-10(9)15-16-12/h2-3,5-6H,4,7-8H2,1H3,(H,14,18)(H,15,16). The zero-order valence-electron chi connectivity index (χ0n) is 10.6. The largest absolute Gasteiger partial charge is 0.469 e. The number of fused-ring (bicyclic) bond motifs is 1. The molecule has 0 bridgehead atoms. The molecule has 0 fully saturated rings. The summed E-state index contributed by atoms with van der Waals surface area (Å²) < 4.78 is 4.52. The van der Waals surface area contributed by atoms with Gasteiger partial charge < -0.3 is 10.1 Å². The van der Waals surface area contributed by atoms with Crippen molar-refractivity contribution in [3.05, 3.63) is 30.0 Å². The zero-order valence-corrected chi connectivity index (χ0v) is 10.6. The Morgan fingerprint density at radius 2 is 2.16 bits per heavy atom. The van der Waals surface area contributed by atoms with E-state index in [9.17, 15) is 9.59 Å². The molecule has 1 amide bonds. The Kier molecular flexibility index (Phi) is 4.12. The number of carbonyl (C=O) groups is 2. The number of benzene rings is 1. The van der Waals surface area contributed by atoms with Crippen LogP contribution in [0.5, 0.6) is 0 Å². The van der Waals surface area contributed by atoms with E-state index in [0.29, 0.717) is 18.7 Å². The number of para-hydroxylation sites is 1. The number of hydrogen-bond acceptors (Lipinski definition) is 4. The number of nitrogens with one attached hydrogen (secondary N) is 2. The summed E-state index contributed by atoms with van der Waals surface area (Å²) in [5.74, 6) is -0.526. The molecule has 100 valence electrons. The number of esters is 1. The molecule has 2 N–H and O–H groups in total. The Morgan fingerprint density at radius 3 is 2.95 bits per heavy atom. The van der Waals surface area contributed by atoms with Crippen LogP contribution in [-0.2, 0) is 9.53 Å². The highest BCUT2D eigenvalue weighted by molar-refractivity contribution is 6.04. The maximum atomic E-state index is 11.9. The van der Waals surface area contributed by atoms with E-state index < -0.39 is 0 Å². The van der Waals surface area contributed by atoms with E-state index in [4.69, 9.17) is 0 Å². The van der Waals surface area contributed by atoms with Crippen molar-refractivity contribution in [2.24, 2.45) is 0 Å². The molecule has 0 saturated heterocycles. The van der Waals surface area contributed by atoms with Crippen molar-refractivity contribution in [1.29, 1.82) is 0 Å². The molecule has 6 heteroatoms. The van der Waals surface area contributed by atoms with Gasteiger partial charge in [0, 0.05) is 18.4 Å². The van der Waals surface area contributed by atoms with Crippen molar-refractivity contribution < 1.29 is 14.3 Å². The zero-order chi connectivity index (χ0) is 13.7. The van der Waals surface area contributed by atoms with Crippen molar-refractivity contribution in [2.45, 2.75) is 12.8 Å². The lowest BCUT2D eigenvalue weighted by molar-refractivity contribution is -0.140. The second-order valence-electron chi connectivity index (χ2n) is 4.05. The Labute approximate surface area is 110 Å². The monoisotopic (exact) mass is 261 g/mol. The van der Waals surface area contributed by atoms with Gasteiger partial charge in [-0.15, -0.1) is 0 Å². The summed E-state index contributed by atoms with van der Waals surface area (Å²) in [5, 5.41) is 10.3. The van der Waals surface area contributed by atoms with Gasteiger partial charge in [-0.3, -0.25) is 14.7 Å². The molecule has 19 heavy (non-hydrogen) atoms. The van der Waals surface area contributed by atoms with Crippen LogP contribution < -0.4 is 5.32 Å². The van der Waals surface area contributed by atoms with Gasteiger partial charge in [0.2, 0.25) is 0 Å². The number of ether oxygens (including phenoxy) is 1. The number of carbonyl (C=O) groups excluding carboxylic acids is 2. The SMILES string of the molecule is COC(=O)CCCNC(=O)c1n[nH]c2ccccc12. The van der Waals surface area contributed by atoms with Gasteiger partial charge >= 0.3 is 5.97 Å². The molecule has 1 aromatic heterocycles. The topological polar surface area (TPSA) is 84.1 Å². The molecule has 6 nitrogen and oxygen atoms in total. The van der Waals surface area contributed by atoms with E-state index in [1.54, 1.807) is 0 Å². The van der Waals surface area contributed by atoms with Crippen LogP contribution in [0.4, 0.5) is 0 Å². The van der Waals surface area contributed by atoms with Gasteiger partial charge in [0.15, 0.2) is 5.69 Å². The predicted molar refractivity (Wildman–Crippen MR) is 69.7 cm³/mol. The molecule has 0 aliphatic rings. The first kappa shape index (κ1) is 13.1. The van der Waals surface area contributed by atoms with Crippen LogP contribution in [-0.4, -0.2) is 35.7 Å². The Balaban J connectivity index is 1.91. The molecule has 2 aromatic rings. The maximum absolute atomic E-state index is 11.9. The summed E-state index contributed by atoms with van der Waals surface area (Å²) in [6, 6.07) is 7.42. The molecular formula is C13H15N3O3. The van der Waals surface area contributed by atoms with Crippen molar-refractivity contribution >= 4 is 22.8 Å². The fourth-order valence-electron chi connectivity index (χ4n) is 1.76. The van der Waals surface area contributed by atoms with Gasteiger partial charge in [-0.1, -0.05) is 18.2 Å². The third kappa shape index (κ3) is 3.09. The molecule has 0 aliphatic carbocycles. The molecule has 0 unspecified atom stereocenters. The number of nitrogens with zero attached hydrogens (tertiary/aromatic N) is 1. The molecule has 0 saturated carbocycles. The highest BCUT2D eigenvalue weighted by Gasteiger charge is 2.13. The van der Waals surface area contributed by atoms with E-state index >= 15 is 0 Å². The van der Waals surface area contributed by atoms with Crippen LogP contribution >= 0.6 is 0 Å². The van der Waals surface area contributed by atoms with Gasteiger partial charge in [-0.2, -0.15) is 5.10 Å². The van der Waals surface area contributed by atoms with Gasteiger partial charge in [-0.25, -0.2) is 0 Å². The van der Waals surface area contributed by atoms with Gasteiger partial charge in [0.1, 0.15) is 0 Å². The first-order valence-electron chi connectivity index (χ1n) is 6.00. The third-order valence-corrected chi connectivity index (χ3v) is 2.76. The molecule has 0 radical (unpaired) electrons. The lowest BCUT2D eigenvalue weighted by atomic mass is 10.2. The van der Waals surface area contributed by atoms with E-state index in [1.807, 2.05) is 24.3 Å². The third-order valence-electron chi connectivity index (χ3n) is 2.76. The van der Waals surface area contributed by atoms with Crippen molar-refractivity contribution in [3.63, 3.8) is 0 Å². The second-order valence-corrected chi connectivity index (χ2v) is 4.05. The first-order valence-corrected chi connectivity index (χ1v) is 6.00. The van der Waals surface area contributed by atoms with Crippen LogP contribution in [0, 0.1) is 0 Å². The van der Waals surface area contributed by atoms with Crippen LogP contribution in [0.3, 0.4) is 0 Å². The summed E-state index contributed by atoms with van der Waals surface area (Å²) in [4.78, 5) is 22.8. The first-order chi connectivity index (χ1) is 9.22. The van der Waals surface area contributed by atoms with Gasteiger partial charge in [-0.05, 0) is 12.5 Å². The quantitative estimate of drug-likeness (QED) is 0.626. The average molecular weight is 261 g/mol. The molecule has 0 spiro atoms. The van der Waals surface area contributed by atoms with Crippen molar-refractivity contribution in [1.82, 2.24) is 15.5 Å². The smallest absolute Gasteiger partial charge is 0.305 e. The van der Waals surface area contributed by atoms with E-state index in [0.717, 1.165) is 10.9 Å². The number of methoxy groups -OCH3 is 1. The van der Waals surface area contributed by atoms with Crippen LogP contribution in [0.2, 0.25) is 0 Å². The van der Waals surface area contributed by atoms with Gasteiger partial charge in [0.05, 0.1) is 12.6 Å². The number of aromatic nitrogens is 2. The summed E-state index contributed by atoms with van der Waals surface area (Å²) in [5.41, 5.74) is 1.19. The van der Waals surface area contributed by atoms with Crippen LogP contribution in [0.25, 0.3) is 10.9 Å². The highest BCUT2D eigenvalue weighted by atomic mass is 16.5. The minimum atomic E-state index is -0.278. The summed E-state index contributed by atoms with van der Waals surface area (Å²) >= 11 is 0. The fraction of sp³-hybridized carbons (Fsp3) is 0.308. The minimum absolute atomic E-state index is 0.248. The summed E-state index contributed by atoms with van der Waals surface area (Å²) in [7, 11) is 1.34. The Hall–Kier alpha value is -2.37. The van der Waals surface area contributed by atoms with Crippen LogP contribution in [0.15, 0.2) is 24.3 Å². The van der Waals surface area contributed by atoms with Crippen molar-refractivity contribution in [3.8, 4) is 0 Å². The molecule has 1 heterocycles. The number of aromatic amines is 1. The predicted octanol–water partition coefficient (Wildman–Crippen LogP) is 1.25. The van der Waals surface area contributed by atoms with E-state index in [-0.39, 0.29) is 18.3 Å². The second kappa shape index (κ2) is 5.99. The van der Waals surface area contributed by atoms with Gasteiger partial charge in [0.25, 0.3) is 5.91 Å². The summed E-state index contributed by atoms with van der Waals surface area (Å²) in [6.45, 7) is 0.412. The van der Waals surface area contributed by atoms with Crippen LogP contribution in [0.1, 0.15) is 23.3 Å². The lowest BCUT2D eigenvalue weighted by Gasteiger charge is -2.02. The Morgan fingerprint density at radius 1 is 1.37 bits per heavy atom. The molecule has 2 rings (SSSR count). The normalized spacial score (nSPS) is 10.4. The lowest BCUT2D eigenvalue weighted by Crippen LogP contribution is -2.25. The number of amides is 1. The van der Waals surface area contributed by atoms with E-state index in [2.05, 4.69) is 20.3 Å². The maximum Gasteiger partial charge on any atom is 0.305 e. The average Bonchev–Trinajstić information content (AvgIpc) is 2.87.